The molecule has 3 aromatic rings. The Hall–Kier alpha value is -3.78. The molecule has 1 saturated heterocycles. The summed E-state index contributed by atoms with van der Waals surface area (Å²) >= 11 is 0. The molecule has 2 N–H and O–H groups in total. The van der Waals surface area contributed by atoms with E-state index >= 15 is 0 Å². The summed E-state index contributed by atoms with van der Waals surface area (Å²) < 4.78 is 19.5. The summed E-state index contributed by atoms with van der Waals surface area (Å²) in [5.74, 6) is -0.554. The summed E-state index contributed by atoms with van der Waals surface area (Å²) in [4.78, 5) is 30.9. The van der Waals surface area contributed by atoms with Crippen LogP contribution in [0.5, 0.6) is 0 Å². The highest BCUT2D eigenvalue weighted by atomic mass is 19.1. The zero-order valence-corrected chi connectivity index (χ0v) is 20.4. The molecule has 4 rings (SSSR count). The Bertz CT molecular complexity index is 1220. The molecule has 0 bridgehead atoms. The van der Waals surface area contributed by atoms with Gasteiger partial charge in [-0.25, -0.2) is 9.18 Å². The van der Waals surface area contributed by atoms with Crippen LogP contribution in [0.25, 0.3) is 11.1 Å². The largest absolute Gasteiger partial charge is 0.438 e. The highest BCUT2D eigenvalue weighted by Gasteiger charge is 2.43. The van der Waals surface area contributed by atoms with Gasteiger partial charge in [0, 0.05) is 44.6 Å². The smallest absolute Gasteiger partial charge is 0.411 e. The highest BCUT2D eigenvalue weighted by molar-refractivity contribution is 5.94. The average molecular weight is 492 g/mol. The fourth-order valence-electron chi connectivity index (χ4n) is 4.66. The Balaban J connectivity index is 1.50. The minimum absolute atomic E-state index is 0.0193. The first kappa shape index (κ1) is 25.3. The number of hydrogen-bond donors (Lipinski definition) is 2. The third-order valence-corrected chi connectivity index (χ3v) is 6.80. The van der Waals surface area contributed by atoms with E-state index in [0.717, 1.165) is 22.3 Å². The van der Waals surface area contributed by atoms with Crippen LogP contribution in [0.4, 0.5) is 9.18 Å². The number of pyridine rings is 1. The molecule has 1 aliphatic rings. The standard InChI is InChI=1S/C28H30FN3O4/c1-19(20-4-6-21(7-5-20)22-16-23(18-31-17-22)26(34)30-2)32-14-13-28(12-3-15-33,36-27(32)35)24-8-10-25(29)11-9-24/h4-11,16-19,33H,3,12-15H2,1-2H3,(H,30,34)/t19-,28?/m0/s1. The van der Waals surface area contributed by atoms with Crippen LogP contribution in [0.1, 0.15) is 53.7 Å². The molecule has 7 nitrogen and oxygen atoms in total. The van der Waals surface area contributed by atoms with Crippen molar-refractivity contribution in [3.05, 3.63) is 89.5 Å². The Morgan fingerprint density at radius 3 is 2.53 bits per heavy atom. The van der Waals surface area contributed by atoms with Gasteiger partial charge in [-0.1, -0.05) is 36.4 Å². The van der Waals surface area contributed by atoms with Crippen molar-refractivity contribution >= 4 is 12.0 Å². The van der Waals surface area contributed by atoms with Crippen LogP contribution in [0.15, 0.2) is 67.0 Å². The molecule has 0 spiro atoms. The molecule has 1 aliphatic heterocycles. The van der Waals surface area contributed by atoms with Crippen molar-refractivity contribution in [1.29, 1.82) is 0 Å². The van der Waals surface area contributed by atoms with Crippen molar-refractivity contribution in [2.75, 3.05) is 20.2 Å². The number of amides is 2. The second-order valence-electron chi connectivity index (χ2n) is 8.98. The molecule has 2 amide bonds. The number of rotatable bonds is 8. The van der Waals surface area contributed by atoms with E-state index in [0.29, 0.717) is 31.4 Å². The fourth-order valence-corrected chi connectivity index (χ4v) is 4.66. The van der Waals surface area contributed by atoms with Crippen molar-refractivity contribution in [2.45, 2.75) is 37.8 Å². The molecule has 188 valence electrons. The van der Waals surface area contributed by atoms with Crippen LogP contribution in [-0.4, -0.2) is 47.2 Å². The molecule has 0 radical (unpaired) electrons. The van der Waals surface area contributed by atoms with Crippen LogP contribution in [-0.2, 0) is 10.3 Å². The van der Waals surface area contributed by atoms with Gasteiger partial charge < -0.3 is 20.1 Å². The Morgan fingerprint density at radius 1 is 1.17 bits per heavy atom. The summed E-state index contributed by atoms with van der Waals surface area (Å²) in [5, 5.41) is 12.0. The van der Waals surface area contributed by atoms with E-state index in [1.807, 2.05) is 31.2 Å². The second-order valence-corrected chi connectivity index (χ2v) is 8.98. The first-order valence-corrected chi connectivity index (χ1v) is 12.0. The van der Waals surface area contributed by atoms with Gasteiger partial charge in [0.2, 0.25) is 0 Å². The molecule has 2 atom stereocenters. The van der Waals surface area contributed by atoms with Crippen LogP contribution in [0, 0.1) is 5.82 Å². The van der Waals surface area contributed by atoms with Crippen LogP contribution < -0.4 is 5.32 Å². The maximum atomic E-state index is 13.5. The third-order valence-electron chi connectivity index (χ3n) is 6.80. The van der Waals surface area contributed by atoms with Gasteiger partial charge in [0.15, 0.2) is 0 Å². The first-order chi connectivity index (χ1) is 17.4. The number of carbonyl (C=O) groups excluding carboxylic acids is 2. The van der Waals surface area contributed by atoms with Crippen molar-refractivity contribution in [3.63, 3.8) is 0 Å². The number of carbonyl (C=O) groups is 2. The number of aliphatic hydroxyl groups excluding tert-OH is 1. The summed E-state index contributed by atoms with van der Waals surface area (Å²) in [7, 11) is 1.58. The number of hydrogen-bond acceptors (Lipinski definition) is 5. The van der Waals surface area contributed by atoms with E-state index in [-0.39, 0.29) is 24.4 Å². The number of cyclic esters (lactones) is 1. The molecular formula is C28H30FN3O4. The summed E-state index contributed by atoms with van der Waals surface area (Å²) in [5.41, 5.74) is 2.99. The van der Waals surface area contributed by atoms with Crippen molar-refractivity contribution in [2.24, 2.45) is 0 Å². The zero-order chi connectivity index (χ0) is 25.7. The van der Waals surface area contributed by atoms with E-state index in [2.05, 4.69) is 10.3 Å². The Kier molecular flexibility index (Phi) is 7.64. The number of nitrogens with one attached hydrogen (secondary N) is 1. The van der Waals surface area contributed by atoms with E-state index in [9.17, 15) is 19.1 Å². The quantitative estimate of drug-likeness (QED) is 0.472. The van der Waals surface area contributed by atoms with Gasteiger partial charge in [-0.2, -0.15) is 0 Å². The highest BCUT2D eigenvalue weighted by Crippen LogP contribution is 2.40. The van der Waals surface area contributed by atoms with Gasteiger partial charge in [-0.3, -0.25) is 9.78 Å². The Morgan fingerprint density at radius 2 is 1.89 bits per heavy atom. The molecular weight excluding hydrogens is 461 g/mol. The normalized spacial score (nSPS) is 18.4. The van der Waals surface area contributed by atoms with Crippen molar-refractivity contribution < 1.29 is 23.8 Å². The second kappa shape index (κ2) is 10.9. The lowest BCUT2D eigenvalue weighted by Crippen LogP contribution is -2.48. The van der Waals surface area contributed by atoms with E-state index in [4.69, 9.17) is 4.74 Å². The first-order valence-electron chi connectivity index (χ1n) is 12.0. The fraction of sp³-hybridized carbons (Fsp3) is 0.321. The number of benzene rings is 2. The molecule has 0 saturated carbocycles. The number of aliphatic hydroxyl groups is 1. The van der Waals surface area contributed by atoms with Gasteiger partial charge in [0.05, 0.1) is 11.6 Å². The van der Waals surface area contributed by atoms with Crippen LogP contribution >= 0.6 is 0 Å². The minimum atomic E-state index is -0.892. The van der Waals surface area contributed by atoms with Crippen molar-refractivity contribution in [3.8, 4) is 11.1 Å². The Labute approximate surface area is 209 Å². The number of nitrogens with zero attached hydrogens (tertiary/aromatic N) is 2. The van der Waals surface area contributed by atoms with Gasteiger partial charge in [0.25, 0.3) is 5.91 Å². The lowest BCUT2D eigenvalue weighted by Gasteiger charge is -2.43. The number of ether oxygens (including phenoxy) is 1. The van der Waals surface area contributed by atoms with Crippen LogP contribution in [0.2, 0.25) is 0 Å². The molecule has 1 aromatic heterocycles. The summed E-state index contributed by atoms with van der Waals surface area (Å²) in [6.07, 6.45) is 4.24. The maximum absolute atomic E-state index is 13.5. The monoisotopic (exact) mass is 491 g/mol. The molecule has 0 aliphatic carbocycles. The zero-order valence-electron chi connectivity index (χ0n) is 20.4. The summed E-state index contributed by atoms with van der Waals surface area (Å²) in [6, 6.07) is 15.4. The molecule has 8 heteroatoms. The predicted molar refractivity (Wildman–Crippen MR) is 134 cm³/mol. The third kappa shape index (κ3) is 5.23. The van der Waals surface area contributed by atoms with Crippen LogP contribution in [0.3, 0.4) is 0 Å². The molecule has 2 aromatic carbocycles. The average Bonchev–Trinajstić information content (AvgIpc) is 2.91. The summed E-state index contributed by atoms with van der Waals surface area (Å²) in [6.45, 7) is 2.39. The maximum Gasteiger partial charge on any atom is 0.411 e. The van der Waals surface area contributed by atoms with Crippen molar-refractivity contribution in [1.82, 2.24) is 15.2 Å². The van der Waals surface area contributed by atoms with Gasteiger partial charge in [0.1, 0.15) is 11.4 Å². The van der Waals surface area contributed by atoms with Gasteiger partial charge in [-0.05, 0) is 54.7 Å². The molecule has 2 heterocycles. The SMILES string of the molecule is CNC(=O)c1cncc(-c2ccc([C@H](C)N3CCC(CCCO)(c4ccc(F)cc4)OC3=O)cc2)c1. The topological polar surface area (TPSA) is 91.8 Å². The predicted octanol–water partition coefficient (Wildman–Crippen LogP) is 4.82. The van der Waals surface area contributed by atoms with E-state index in [1.54, 1.807) is 36.3 Å². The number of halogens is 1. The molecule has 36 heavy (non-hydrogen) atoms. The van der Waals surface area contributed by atoms with Gasteiger partial charge in [-0.15, -0.1) is 0 Å². The minimum Gasteiger partial charge on any atom is -0.438 e. The number of aromatic nitrogens is 1. The van der Waals surface area contributed by atoms with E-state index in [1.165, 1.54) is 18.3 Å². The molecule has 1 unspecified atom stereocenters. The molecule has 1 fully saturated rings. The lowest BCUT2D eigenvalue weighted by molar-refractivity contribution is -0.0680. The van der Waals surface area contributed by atoms with Gasteiger partial charge >= 0.3 is 6.09 Å². The van der Waals surface area contributed by atoms with E-state index < -0.39 is 11.7 Å². The lowest BCUT2D eigenvalue weighted by atomic mass is 9.84.